The summed E-state index contributed by atoms with van der Waals surface area (Å²) in [5.74, 6) is -0.935. The highest BCUT2D eigenvalue weighted by Crippen LogP contribution is 2.17. The average Bonchev–Trinajstić information content (AvgIpc) is 2.16. The number of aldehydes is 1. The van der Waals surface area contributed by atoms with E-state index >= 15 is 0 Å². The molecule has 0 unspecified atom stereocenters. The minimum absolute atomic E-state index is 0.276. The zero-order valence-corrected chi connectivity index (χ0v) is 9.57. The fourth-order valence-electron chi connectivity index (χ4n) is 1.59. The summed E-state index contributed by atoms with van der Waals surface area (Å²) < 4.78 is 0. The Morgan fingerprint density at radius 3 is 2.12 bits per heavy atom. The Hall–Kier alpha value is -1.90. The second kappa shape index (κ2) is 4.75. The molecule has 1 aromatic carbocycles. The third kappa shape index (κ3) is 2.57. The Balaban J connectivity index is 3.24. The van der Waals surface area contributed by atoms with Gasteiger partial charge in [-0.3, -0.25) is 4.79 Å². The largest absolute Gasteiger partial charge is 0.478 e. The summed E-state index contributed by atoms with van der Waals surface area (Å²) in [5.41, 5.74) is 3.47. The van der Waals surface area contributed by atoms with Crippen LogP contribution in [0.3, 0.4) is 0 Å². The lowest BCUT2D eigenvalue weighted by Gasteiger charge is -2.05. The highest BCUT2D eigenvalue weighted by atomic mass is 16.4. The van der Waals surface area contributed by atoms with Crippen LogP contribution in [0.2, 0.25) is 0 Å². The first-order valence-electron chi connectivity index (χ1n) is 4.93. The zero-order valence-electron chi connectivity index (χ0n) is 9.57. The maximum atomic E-state index is 10.8. The molecule has 1 rings (SSSR count). The average molecular weight is 218 g/mol. The van der Waals surface area contributed by atoms with Gasteiger partial charge >= 0.3 is 5.97 Å². The number of carboxylic acids is 1. The SMILES string of the molecule is CC(=Cc1cc(C)c(C=O)c(C)c1)C(=O)O. The summed E-state index contributed by atoms with van der Waals surface area (Å²) in [6, 6.07) is 3.62. The van der Waals surface area contributed by atoms with Crippen LogP contribution in [0.4, 0.5) is 0 Å². The van der Waals surface area contributed by atoms with Crippen molar-refractivity contribution in [3.63, 3.8) is 0 Å². The third-order valence-corrected chi connectivity index (χ3v) is 2.45. The number of carbonyl (C=O) groups is 2. The van der Waals surface area contributed by atoms with Crippen molar-refractivity contribution in [2.75, 3.05) is 0 Å². The van der Waals surface area contributed by atoms with Gasteiger partial charge in [-0.05, 0) is 43.5 Å². The van der Waals surface area contributed by atoms with Gasteiger partial charge < -0.3 is 5.11 Å². The standard InChI is InChI=1S/C13H14O3/c1-8-4-11(6-10(3)13(15)16)5-9(2)12(8)7-14/h4-7H,1-3H3,(H,15,16). The van der Waals surface area contributed by atoms with E-state index in [2.05, 4.69) is 0 Å². The molecule has 0 atom stereocenters. The molecule has 0 saturated heterocycles. The van der Waals surface area contributed by atoms with Crippen LogP contribution in [0.1, 0.15) is 34.0 Å². The topological polar surface area (TPSA) is 54.4 Å². The Morgan fingerprint density at radius 2 is 1.75 bits per heavy atom. The van der Waals surface area contributed by atoms with Crippen LogP contribution in [0, 0.1) is 13.8 Å². The molecule has 0 radical (unpaired) electrons. The second-order valence-electron chi connectivity index (χ2n) is 3.82. The first-order valence-corrected chi connectivity index (χ1v) is 4.93. The molecule has 84 valence electrons. The van der Waals surface area contributed by atoms with Crippen LogP contribution in [0.5, 0.6) is 0 Å². The summed E-state index contributed by atoms with van der Waals surface area (Å²) in [6.07, 6.45) is 2.42. The number of hydrogen-bond acceptors (Lipinski definition) is 2. The molecule has 0 aliphatic rings. The lowest BCUT2D eigenvalue weighted by atomic mass is 9.99. The smallest absolute Gasteiger partial charge is 0.331 e. The van der Waals surface area contributed by atoms with Crippen molar-refractivity contribution >= 4 is 18.3 Å². The maximum absolute atomic E-state index is 10.8. The Bertz CT molecular complexity index is 447. The van der Waals surface area contributed by atoms with E-state index in [0.717, 1.165) is 23.0 Å². The van der Waals surface area contributed by atoms with E-state index in [0.29, 0.717) is 5.56 Å². The van der Waals surface area contributed by atoms with Gasteiger partial charge in [-0.2, -0.15) is 0 Å². The highest BCUT2D eigenvalue weighted by Gasteiger charge is 2.05. The molecule has 0 fully saturated rings. The number of aryl methyl sites for hydroxylation is 2. The molecular formula is C13H14O3. The van der Waals surface area contributed by atoms with Crippen LogP contribution in [0.25, 0.3) is 6.08 Å². The van der Waals surface area contributed by atoms with Gasteiger partial charge in [0.05, 0.1) is 0 Å². The lowest BCUT2D eigenvalue weighted by Crippen LogP contribution is -1.97. The minimum Gasteiger partial charge on any atom is -0.478 e. The molecular weight excluding hydrogens is 204 g/mol. The fraction of sp³-hybridized carbons (Fsp3) is 0.231. The fourth-order valence-corrected chi connectivity index (χ4v) is 1.59. The quantitative estimate of drug-likeness (QED) is 0.626. The van der Waals surface area contributed by atoms with E-state index in [-0.39, 0.29) is 5.57 Å². The highest BCUT2D eigenvalue weighted by molar-refractivity contribution is 5.91. The van der Waals surface area contributed by atoms with E-state index in [1.807, 2.05) is 26.0 Å². The number of benzene rings is 1. The van der Waals surface area contributed by atoms with Crippen LogP contribution in [-0.2, 0) is 4.79 Å². The molecule has 0 amide bonds. The molecule has 1 N–H and O–H groups in total. The van der Waals surface area contributed by atoms with Crippen molar-refractivity contribution in [1.29, 1.82) is 0 Å². The predicted molar refractivity (Wildman–Crippen MR) is 62.6 cm³/mol. The van der Waals surface area contributed by atoms with Crippen molar-refractivity contribution in [2.24, 2.45) is 0 Å². The Kier molecular flexibility index (Phi) is 3.61. The van der Waals surface area contributed by atoms with Gasteiger partial charge in [-0.25, -0.2) is 4.79 Å². The summed E-state index contributed by atoms with van der Waals surface area (Å²) in [6.45, 7) is 5.22. The zero-order chi connectivity index (χ0) is 12.3. The number of carbonyl (C=O) groups excluding carboxylic acids is 1. The first-order chi connectivity index (χ1) is 7.45. The number of hydrogen-bond donors (Lipinski definition) is 1. The molecule has 0 saturated carbocycles. The van der Waals surface area contributed by atoms with E-state index in [1.54, 1.807) is 13.0 Å². The Morgan fingerprint density at radius 1 is 1.25 bits per heavy atom. The van der Waals surface area contributed by atoms with Crippen LogP contribution < -0.4 is 0 Å². The van der Waals surface area contributed by atoms with Crippen molar-refractivity contribution < 1.29 is 14.7 Å². The number of aliphatic carboxylic acids is 1. The number of carboxylic acid groups (broad SMARTS) is 1. The van der Waals surface area contributed by atoms with E-state index in [1.165, 1.54) is 0 Å². The molecule has 0 spiro atoms. The molecule has 16 heavy (non-hydrogen) atoms. The van der Waals surface area contributed by atoms with E-state index < -0.39 is 5.97 Å². The lowest BCUT2D eigenvalue weighted by molar-refractivity contribution is -0.132. The van der Waals surface area contributed by atoms with E-state index in [4.69, 9.17) is 5.11 Å². The van der Waals surface area contributed by atoms with E-state index in [9.17, 15) is 9.59 Å². The molecule has 0 heterocycles. The molecule has 0 aliphatic heterocycles. The van der Waals surface area contributed by atoms with Crippen LogP contribution >= 0.6 is 0 Å². The molecule has 0 aliphatic carbocycles. The van der Waals surface area contributed by atoms with Gasteiger partial charge in [0.1, 0.15) is 0 Å². The molecule has 0 aromatic heterocycles. The molecule has 3 nitrogen and oxygen atoms in total. The van der Waals surface area contributed by atoms with Gasteiger partial charge in [0, 0.05) is 11.1 Å². The van der Waals surface area contributed by atoms with Gasteiger partial charge in [0.2, 0.25) is 0 Å². The van der Waals surface area contributed by atoms with Gasteiger partial charge in [0.25, 0.3) is 0 Å². The van der Waals surface area contributed by atoms with Crippen LogP contribution in [-0.4, -0.2) is 17.4 Å². The van der Waals surface area contributed by atoms with Crippen molar-refractivity contribution in [2.45, 2.75) is 20.8 Å². The van der Waals surface area contributed by atoms with Gasteiger partial charge in [-0.15, -0.1) is 0 Å². The molecule has 0 bridgehead atoms. The van der Waals surface area contributed by atoms with Crippen molar-refractivity contribution in [1.82, 2.24) is 0 Å². The summed E-state index contributed by atoms with van der Waals surface area (Å²) in [4.78, 5) is 21.5. The van der Waals surface area contributed by atoms with Gasteiger partial charge in [-0.1, -0.05) is 12.1 Å². The van der Waals surface area contributed by atoms with Gasteiger partial charge in [0.15, 0.2) is 6.29 Å². The molecule has 1 aromatic rings. The summed E-state index contributed by atoms with van der Waals surface area (Å²) in [7, 11) is 0. The maximum Gasteiger partial charge on any atom is 0.331 e. The molecule has 3 heteroatoms. The normalized spacial score (nSPS) is 11.3. The van der Waals surface area contributed by atoms with Crippen LogP contribution in [0.15, 0.2) is 17.7 Å². The first kappa shape index (κ1) is 12.2. The monoisotopic (exact) mass is 218 g/mol. The third-order valence-electron chi connectivity index (χ3n) is 2.45. The number of rotatable bonds is 3. The van der Waals surface area contributed by atoms with Crippen molar-refractivity contribution in [3.05, 3.63) is 40.0 Å². The minimum atomic E-state index is -0.935. The predicted octanol–water partition coefficient (Wildman–Crippen LogP) is 2.60. The summed E-state index contributed by atoms with van der Waals surface area (Å²) in [5, 5.41) is 8.76. The van der Waals surface area contributed by atoms with Crippen molar-refractivity contribution in [3.8, 4) is 0 Å². The Labute approximate surface area is 94.4 Å². The second-order valence-corrected chi connectivity index (χ2v) is 3.82. The summed E-state index contributed by atoms with van der Waals surface area (Å²) >= 11 is 0.